The summed E-state index contributed by atoms with van der Waals surface area (Å²) < 4.78 is 0. The van der Waals surface area contributed by atoms with Crippen molar-refractivity contribution in [3.8, 4) is 5.75 Å². The number of aromatic hydroxyl groups is 1. The zero-order chi connectivity index (χ0) is 14.0. The highest BCUT2D eigenvalue weighted by Crippen LogP contribution is 2.26. The fraction of sp³-hybridized carbons (Fsp3) is 0.0714. The fourth-order valence-electron chi connectivity index (χ4n) is 1.66. The molecule has 0 unspecified atom stereocenters. The Balaban J connectivity index is 2.25. The van der Waals surface area contributed by atoms with E-state index in [0.29, 0.717) is 15.1 Å². The molecule has 5 heteroatoms. The third-order valence-electron chi connectivity index (χ3n) is 2.61. The van der Waals surface area contributed by atoms with E-state index in [2.05, 4.69) is 0 Å². The minimum absolute atomic E-state index is 0.0885. The van der Waals surface area contributed by atoms with E-state index in [0.717, 1.165) is 5.56 Å². The van der Waals surface area contributed by atoms with Crippen molar-refractivity contribution in [3.63, 3.8) is 0 Å². The van der Waals surface area contributed by atoms with E-state index in [1.807, 2.05) is 0 Å². The molecule has 0 fully saturated rings. The summed E-state index contributed by atoms with van der Waals surface area (Å²) in [5.74, 6) is -0.326. The van der Waals surface area contributed by atoms with E-state index in [-0.39, 0.29) is 23.5 Å². The van der Waals surface area contributed by atoms with Crippen LogP contribution in [0.4, 0.5) is 0 Å². The molecule has 2 aromatic rings. The summed E-state index contributed by atoms with van der Waals surface area (Å²) in [6, 6.07) is 9.33. The first-order chi connectivity index (χ1) is 8.97. The molecule has 98 valence electrons. The van der Waals surface area contributed by atoms with Crippen LogP contribution in [0.25, 0.3) is 0 Å². The minimum Gasteiger partial charge on any atom is -0.507 e. The molecule has 2 rings (SSSR count). The summed E-state index contributed by atoms with van der Waals surface area (Å²) in [5.41, 5.74) is 0.914. The zero-order valence-corrected chi connectivity index (χ0v) is 11.9. The molecular formula is C14H9Cl3O2. The predicted octanol–water partition coefficient (Wildman–Crippen LogP) is 4.78. The molecule has 0 radical (unpaired) electrons. The van der Waals surface area contributed by atoms with Gasteiger partial charge in [-0.3, -0.25) is 4.79 Å². The third-order valence-corrected chi connectivity index (χ3v) is 3.58. The van der Waals surface area contributed by atoms with Crippen molar-refractivity contribution in [2.75, 3.05) is 0 Å². The largest absolute Gasteiger partial charge is 0.507 e. The lowest BCUT2D eigenvalue weighted by molar-refractivity contribution is 0.0990. The maximum Gasteiger partial charge on any atom is 0.171 e. The van der Waals surface area contributed by atoms with Crippen LogP contribution in [-0.4, -0.2) is 10.9 Å². The Morgan fingerprint density at radius 2 is 1.74 bits per heavy atom. The van der Waals surface area contributed by atoms with Crippen LogP contribution in [0.3, 0.4) is 0 Å². The number of Topliss-reactive ketones (excluding diaryl/α,β-unsaturated/α-hetero) is 1. The average Bonchev–Trinajstić information content (AvgIpc) is 2.36. The van der Waals surface area contributed by atoms with Gasteiger partial charge in [-0.15, -0.1) is 0 Å². The van der Waals surface area contributed by atoms with Gasteiger partial charge < -0.3 is 5.11 Å². The van der Waals surface area contributed by atoms with Crippen molar-refractivity contribution in [2.24, 2.45) is 0 Å². The molecule has 0 aliphatic heterocycles. The molecule has 0 atom stereocenters. The van der Waals surface area contributed by atoms with Crippen molar-refractivity contribution in [1.29, 1.82) is 0 Å². The highest BCUT2D eigenvalue weighted by Gasteiger charge is 2.13. The second kappa shape index (κ2) is 5.83. The summed E-state index contributed by atoms with van der Waals surface area (Å²) in [5, 5.41) is 10.9. The predicted molar refractivity (Wildman–Crippen MR) is 77.6 cm³/mol. The zero-order valence-electron chi connectivity index (χ0n) is 9.66. The van der Waals surface area contributed by atoms with Gasteiger partial charge in [0.05, 0.1) is 15.6 Å². The van der Waals surface area contributed by atoms with E-state index in [9.17, 15) is 9.90 Å². The molecule has 0 saturated carbocycles. The van der Waals surface area contributed by atoms with Crippen LogP contribution in [0.15, 0.2) is 36.4 Å². The summed E-state index contributed by atoms with van der Waals surface area (Å²) in [4.78, 5) is 12.1. The second-order valence-electron chi connectivity index (χ2n) is 4.01. The molecule has 0 bridgehead atoms. The number of carbonyl (C=O) groups excluding carboxylic acids is 1. The lowest BCUT2D eigenvalue weighted by atomic mass is 10.0. The average molecular weight is 316 g/mol. The lowest BCUT2D eigenvalue weighted by Crippen LogP contribution is -2.04. The van der Waals surface area contributed by atoms with E-state index in [1.54, 1.807) is 18.2 Å². The molecule has 0 amide bonds. The molecule has 0 aromatic heterocycles. The lowest BCUT2D eigenvalue weighted by Gasteiger charge is -2.05. The highest BCUT2D eigenvalue weighted by molar-refractivity contribution is 6.42. The number of halogens is 3. The molecule has 0 saturated heterocycles. The summed E-state index contributed by atoms with van der Waals surface area (Å²) >= 11 is 17.5. The Labute approximate surface area is 125 Å². The monoisotopic (exact) mass is 314 g/mol. The van der Waals surface area contributed by atoms with Crippen LogP contribution >= 0.6 is 34.8 Å². The minimum atomic E-state index is -0.238. The van der Waals surface area contributed by atoms with Crippen molar-refractivity contribution in [2.45, 2.75) is 6.42 Å². The van der Waals surface area contributed by atoms with Crippen LogP contribution in [0.2, 0.25) is 15.1 Å². The number of hydrogen-bond donors (Lipinski definition) is 1. The molecular weight excluding hydrogens is 307 g/mol. The Bertz CT molecular complexity index is 639. The molecule has 0 spiro atoms. The van der Waals surface area contributed by atoms with E-state index < -0.39 is 0 Å². The summed E-state index contributed by atoms with van der Waals surface area (Å²) in [7, 11) is 0. The first-order valence-corrected chi connectivity index (χ1v) is 6.56. The number of phenols is 1. The van der Waals surface area contributed by atoms with Gasteiger partial charge >= 0.3 is 0 Å². The van der Waals surface area contributed by atoms with Gasteiger partial charge in [0.15, 0.2) is 5.78 Å². The first-order valence-electron chi connectivity index (χ1n) is 5.43. The van der Waals surface area contributed by atoms with Crippen LogP contribution in [0.1, 0.15) is 15.9 Å². The van der Waals surface area contributed by atoms with Crippen LogP contribution in [0, 0.1) is 0 Å². The Morgan fingerprint density at radius 1 is 1.00 bits per heavy atom. The van der Waals surface area contributed by atoms with E-state index >= 15 is 0 Å². The molecule has 19 heavy (non-hydrogen) atoms. The molecule has 0 heterocycles. The van der Waals surface area contributed by atoms with Gasteiger partial charge in [0.1, 0.15) is 5.75 Å². The number of phenolic OH excluding ortho intramolecular Hbond substituents is 1. The van der Waals surface area contributed by atoms with Gasteiger partial charge in [0.25, 0.3) is 0 Å². The van der Waals surface area contributed by atoms with Gasteiger partial charge in [-0.2, -0.15) is 0 Å². The van der Waals surface area contributed by atoms with Gasteiger partial charge in [-0.05, 0) is 35.9 Å². The van der Waals surface area contributed by atoms with Crippen molar-refractivity contribution < 1.29 is 9.90 Å². The third kappa shape index (κ3) is 3.41. The standard InChI is InChI=1S/C14H9Cl3O2/c15-9-2-4-13(18)10(7-9)14(19)6-8-1-3-11(16)12(17)5-8/h1-5,7,18H,6H2. The maximum atomic E-state index is 12.1. The molecule has 0 aliphatic rings. The summed E-state index contributed by atoms with van der Waals surface area (Å²) in [6.45, 7) is 0. The van der Waals surface area contributed by atoms with Crippen molar-refractivity contribution >= 4 is 40.6 Å². The Kier molecular flexibility index (Phi) is 4.35. The number of rotatable bonds is 3. The second-order valence-corrected chi connectivity index (χ2v) is 5.26. The van der Waals surface area contributed by atoms with Gasteiger partial charge in [0.2, 0.25) is 0 Å². The number of hydrogen-bond acceptors (Lipinski definition) is 2. The maximum absolute atomic E-state index is 12.1. The summed E-state index contributed by atoms with van der Waals surface area (Å²) in [6.07, 6.45) is 0.116. The Morgan fingerprint density at radius 3 is 2.42 bits per heavy atom. The van der Waals surface area contributed by atoms with Crippen LogP contribution in [-0.2, 0) is 6.42 Å². The first kappa shape index (κ1) is 14.2. The topological polar surface area (TPSA) is 37.3 Å². The van der Waals surface area contributed by atoms with Crippen molar-refractivity contribution in [3.05, 3.63) is 62.6 Å². The number of ketones is 1. The number of benzene rings is 2. The molecule has 2 aromatic carbocycles. The highest BCUT2D eigenvalue weighted by atomic mass is 35.5. The van der Waals surface area contributed by atoms with Crippen LogP contribution in [0.5, 0.6) is 5.75 Å². The quantitative estimate of drug-likeness (QED) is 0.828. The fourth-order valence-corrected chi connectivity index (χ4v) is 2.15. The molecule has 0 aliphatic carbocycles. The van der Waals surface area contributed by atoms with Gasteiger partial charge in [-0.25, -0.2) is 0 Å². The smallest absolute Gasteiger partial charge is 0.171 e. The normalized spacial score (nSPS) is 10.5. The SMILES string of the molecule is O=C(Cc1ccc(Cl)c(Cl)c1)c1cc(Cl)ccc1O. The van der Waals surface area contributed by atoms with E-state index in [4.69, 9.17) is 34.8 Å². The Hall–Kier alpha value is -1.22. The van der Waals surface area contributed by atoms with Gasteiger partial charge in [-0.1, -0.05) is 40.9 Å². The van der Waals surface area contributed by atoms with Crippen molar-refractivity contribution in [1.82, 2.24) is 0 Å². The molecule has 2 nitrogen and oxygen atoms in total. The van der Waals surface area contributed by atoms with Gasteiger partial charge in [0, 0.05) is 11.4 Å². The van der Waals surface area contributed by atoms with E-state index in [1.165, 1.54) is 18.2 Å². The molecule has 1 N–H and O–H groups in total. The van der Waals surface area contributed by atoms with Crippen LogP contribution < -0.4 is 0 Å². The number of carbonyl (C=O) groups is 1.